The van der Waals surface area contributed by atoms with Gasteiger partial charge < -0.3 is 23.7 Å². The molecule has 4 aliphatic rings. The van der Waals surface area contributed by atoms with E-state index in [-0.39, 0.29) is 41.4 Å². The molecule has 0 radical (unpaired) electrons. The van der Waals surface area contributed by atoms with Crippen LogP contribution in [-0.4, -0.2) is 59.8 Å². The van der Waals surface area contributed by atoms with Crippen molar-refractivity contribution in [3.05, 3.63) is 12.2 Å². The largest absolute Gasteiger partial charge is 0.375 e. The van der Waals surface area contributed by atoms with Gasteiger partial charge in [-0.05, 0) is 60.6 Å². The van der Waals surface area contributed by atoms with E-state index in [4.69, 9.17) is 23.7 Å². The average Bonchev–Trinajstić information content (AvgIpc) is 3.20. The smallest absolute Gasteiger partial charge is 0.187 e. The van der Waals surface area contributed by atoms with E-state index < -0.39 is 17.7 Å². The van der Waals surface area contributed by atoms with E-state index >= 15 is 0 Å². The molecule has 0 unspecified atom stereocenters. The van der Waals surface area contributed by atoms with Crippen LogP contribution >= 0.6 is 0 Å². The van der Waals surface area contributed by atoms with Gasteiger partial charge in [-0.2, -0.15) is 0 Å². The molecule has 0 amide bonds. The Morgan fingerprint density at radius 1 is 1.00 bits per heavy atom. The van der Waals surface area contributed by atoms with Crippen LogP contribution in [0.4, 0.5) is 0 Å². The number of Topliss-reactive ketones (excluding diaryl/α,β-unsaturated/α-hetero) is 1. The highest BCUT2D eigenvalue weighted by Crippen LogP contribution is 2.40. The average molecular weight is 396 g/mol. The van der Waals surface area contributed by atoms with E-state index in [1.165, 1.54) is 6.08 Å². The zero-order valence-electron chi connectivity index (χ0n) is 17.8. The third-order valence-corrected chi connectivity index (χ3v) is 4.96. The lowest BCUT2D eigenvalue weighted by atomic mass is 10.1. The van der Waals surface area contributed by atoms with Crippen LogP contribution in [0.5, 0.6) is 0 Å². The molecule has 4 rings (SSSR count). The molecular formula is C21H32O7. The van der Waals surface area contributed by atoms with Crippen LogP contribution in [0.1, 0.15) is 54.9 Å². The van der Waals surface area contributed by atoms with Gasteiger partial charge in [-0.1, -0.05) is 0 Å². The first-order valence-corrected chi connectivity index (χ1v) is 9.86. The predicted molar refractivity (Wildman–Crippen MR) is 101 cm³/mol. The van der Waals surface area contributed by atoms with Crippen molar-refractivity contribution < 1.29 is 33.3 Å². The summed E-state index contributed by atoms with van der Waals surface area (Å²) in [6, 6.07) is 0. The second-order valence-corrected chi connectivity index (χ2v) is 9.66. The summed E-state index contributed by atoms with van der Waals surface area (Å²) in [5, 5.41) is 0. The van der Waals surface area contributed by atoms with Gasteiger partial charge in [-0.25, -0.2) is 0 Å². The summed E-state index contributed by atoms with van der Waals surface area (Å²) in [7, 11) is 0. The lowest BCUT2D eigenvalue weighted by Gasteiger charge is -2.25. The number of carbonyl (C=O) groups is 2. The Balaban J connectivity index is 0.000000176. The van der Waals surface area contributed by atoms with E-state index in [0.29, 0.717) is 13.0 Å². The van der Waals surface area contributed by atoms with Crippen molar-refractivity contribution in [1.29, 1.82) is 0 Å². The second kappa shape index (κ2) is 7.29. The van der Waals surface area contributed by atoms with E-state index in [1.54, 1.807) is 6.08 Å². The molecule has 7 heteroatoms. The second-order valence-electron chi connectivity index (χ2n) is 9.66. The number of hydrogen-bond donors (Lipinski definition) is 0. The number of ketones is 2. The van der Waals surface area contributed by atoms with E-state index in [0.717, 1.165) is 0 Å². The number of fused-ring (bicyclic) bond motifs is 2. The lowest BCUT2D eigenvalue weighted by Crippen LogP contribution is -2.31. The van der Waals surface area contributed by atoms with Gasteiger partial charge >= 0.3 is 0 Å². The standard InChI is InChI=1S/C13H22O4.C8H10O3/c1-12(2,3)15-7-8-6-9(14)11-10(8)16-13(4,5)17-11;1-8(2)10-6-4-3-5(9)7(6)11-8/h8,10-11H,6-7H2,1-5H3;3-4,6-7H,1-2H3/t8-,10-,11+;6-,7+/m11/s1. The number of hydrogen-bond acceptors (Lipinski definition) is 7. The van der Waals surface area contributed by atoms with E-state index in [1.807, 2.05) is 48.5 Å². The van der Waals surface area contributed by atoms with Crippen LogP contribution in [0.15, 0.2) is 12.2 Å². The highest BCUT2D eigenvalue weighted by atomic mass is 16.8. The van der Waals surface area contributed by atoms with Crippen LogP contribution < -0.4 is 0 Å². The van der Waals surface area contributed by atoms with Crippen LogP contribution in [0, 0.1) is 5.92 Å². The summed E-state index contributed by atoms with van der Waals surface area (Å²) in [6.45, 7) is 13.9. The van der Waals surface area contributed by atoms with Crippen LogP contribution in [0.25, 0.3) is 0 Å². The van der Waals surface area contributed by atoms with Crippen molar-refractivity contribution in [3.8, 4) is 0 Å². The van der Waals surface area contributed by atoms with Crippen molar-refractivity contribution in [3.63, 3.8) is 0 Å². The van der Waals surface area contributed by atoms with E-state index in [2.05, 4.69) is 0 Å². The minimum Gasteiger partial charge on any atom is -0.375 e. The molecule has 0 aromatic carbocycles. The summed E-state index contributed by atoms with van der Waals surface area (Å²) in [6.07, 6.45) is 2.70. The summed E-state index contributed by atoms with van der Waals surface area (Å²) in [4.78, 5) is 22.9. The Bertz CT molecular complexity index is 658. The molecule has 2 aliphatic carbocycles. The van der Waals surface area contributed by atoms with Crippen molar-refractivity contribution in [1.82, 2.24) is 0 Å². The van der Waals surface area contributed by atoms with Gasteiger partial charge in [-0.15, -0.1) is 0 Å². The molecule has 158 valence electrons. The Morgan fingerprint density at radius 2 is 1.61 bits per heavy atom. The highest BCUT2D eigenvalue weighted by Gasteiger charge is 2.53. The van der Waals surface area contributed by atoms with E-state index in [9.17, 15) is 9.59 Å². The zero-order valence-corrected chi connectivity index (χ0v) is 17.8. The minimum absolute atomic E-state index is 0.0144. The molecule has 2 saturated heterocycles. The molecule has 0 N–H and O–H groups in total. The maximum Gasteiger partial charge on any atom is 0.187 e. The first-order chi connectivity index (χ1) is 12.8. The molecule has 0 bridgehead atoms. The number of ether oxygens (including phenoxy) is 5. The normalized spacial score (nSPS) is 37.6. The summed E-state index contributed by atoms with van der Waals surface area (Å²) >= 11 is 0. The monoisotopic (exact) mass is 396 g/mol. The Labute approximate surface area is 166 Å². The molecule has 2 heterocycles. The fourth-order valence-corrected chi connectivity index (χ4v) is 3.82. The molecular weight excluding hydrogens is 364 g/mol. The van der Waals surface area contributed by atoms with Crippen molar-refractivity contribution in [2.75, 3.05) is 6.61 Å². The SMILES string of the molecule is CC(C)(C)OC[C@H]1CC(=O)[C@@H]2OC(C)(C)O[C@H]12.CC1(C)O[C@@H]2C=CC(=O)[C@@H]2O1. The minimum atomic E-state index is -0.647. The fraction of sp³-hybridized carbons (Fsp3) is 0.810. The maximum absolute atomic E-state index is 11.8. The third-order valence-electron chi connectivity index (χ3n) is 4.96. The Morgan fingerprint density at radius 3 is 2.21 bits per heavy atom. The zero-order chi connectivity index (χ0) is 20.9. The summed E-state index contributed by atoms with van der Waals surface area (Å²) < 4.78 is 27.9. The highest BCUT2D eigenvalue weighted by molar-refractivity contribution is 5.97. The van der Waals surface area contributed by atoms with Gasteiger partial charge in [0.2, 0.25) is 0 Å². The third kappa shape index (κ3) is 4.89. The number of carbonyl (C=O) groups excluding carboxylic acids is 2. The molecule has 28 heavy (non-hydrogen) atoms. The molecule has 5 atom stereocenters. The van der Waals surface area contributed by atoms with Crippen LogP contribution in [-0.2, 0) is 33.3 Å². The van der Waals surface area contributed by atoms with Gasteiger partial charge in [0.25, 0.3) is 0 Å². The van der Waals surface area contributed by atoms with Crippen molar-refractivity contribution in [2.24, 2.45) is 5.92 Å². The molecule has 2 aliphatic heterocycles. The predicted octanol–water partition coefficient (Wildman–Crippen LogP) is 2.56. The number of rotatable bonds is 2. The van der Waals surface area contributed by atoms with Crippen LogP contribution in [0.3, 0.4) is 0 Å². The Kier molecular flexibility index (Phi) is 5.62. The quantitative estimate of drug-likeness (QED) is 0.710. The van der Waals surface area contributed by atoms with Gasteiger partial charge in [0, 0.05) is 12.3 Å². The lowest BCUT2D eigenvalue weighted by molar-refractivity contribution is -0.166. The summed E-state index contributed by atoms with van der Waals surface area (Å²) in [5.74, 6) is -0.974. The first kappa shape index (κ1) is 21.6. The molecule has 0 aromatic heterocycles. The van der Waals surface area contributed by atoms with Crippen molar-refractivity contribution in [2.45, 2.75) is 96.5 Å². The summed E-state index contributed by atoms with van der Waals surface area (Å²) in [5.41, 5.74) is -0.184. The molecule has 0 aromatic rings. The Hall–Kier alpha value is -1.12. The van der Waals surface area contributed by atoms with Gasteiger partial charge in [-0.3, -0.25) is 9.59 Å². The van der Waals surface area contributed by atoms with Crippen molar-refractivity contribution >= 4 is 11.6 Å². The molecule has 1 saturated carbocycles. The fourth-order valence-electron chi connectivity index (χ4n) is 3.82. The molecule has 0 spiro atoms. The maximum atomic E-state index is 11.8. The van der Waals surface area contributed by atoms with Gasteiger partial charge in [0.1, 0.15) is 12.2 Å². The molecule has 3 fully saturated rings. The van der Waals surface area contributed by atoms with Gasteiger partial charge in [0.05, 0.1) is 18.3 Å². The van der Waals surface area contributed by atoms with Gasteiger partial charge in [0.15, 0.2) is 29.2 Å². The molecule has 7 nitrogen and oxygen atoms in total. The van der Waals surface area contributed by atoms with Crippen LogP contribution in [0.2, 0.25) is 0 Å². The topological polar surface area (TPSA) is 80.3 Å². The first-order valence-electron chi connectivity index (χ1n) is 9.86.